The molecule has 0 spiro atoms. The van der Waals surface area contributed by atoms with E-state index in [1.54, 1.807) is 14.2 Å². The Labute approximate surface area is 125 Å². The van der Waals surface area contributed by atoms with Crippen molar-refractivity contribution in [3.63, 3.8) is 0 Å². The molecule has 0 amide bonds. The summed E-state index contributed by atoms with van der Waals surface area (Å²) in [6.07, 6.45) is 0.867. The zero-order valence-corrected chi connectivity index (χ0v) is 12.6. The Kier molecular flexibility index (Phi) is 4.87. The number of hydrogen-bond donors (Lipinski definition) is 2. The van der Waals surface area contributed by atoms with E-state index >= 15 is 0 Å². The van der Waals surface area contributed by atoms with Crippen molar-refractivity contribution in [3.8, 4) is 11.5 Å². The Morgan fingerprint density at radius 3 is 2.52 bits per heavy atom. The molecular weight excluding hydrogens is 266 g/mol. The second kappa shape index (κ2) is 6.83. The van der Waals surface area contributed by atoms with E-state index in [2.05, 4.69) is 10.3 Å². The Morgan fingerprint density at radius 2 is 1.86 bits per heavy atom. The third-order valence-corrected chi connectivity index (χ3v) is 3.29. The van der Waals surface area contributed by atoms with E-state index < -0.39 is 0 Å². The van der Waals surface area contributed by atoms with Crippen LogP contribution in [0.5, 0.6) is 11.5 Å². The summed E-state index contributed by atoms with van der Waals surface area (Å²) in [4.78, 5) is 4.38. The zero-order chi connectivity index (χ0) is 15.2. The first-order valence-corrected chi connectivity index (χ1v) is 6.82. The van der Waals surface area contributed by atoms with E-state index in [-0.39, 0.29) is 0 Å². The fourth-order valence-corrected chi connectivity index (χ4v) is 2.04. The van der Waals surface area contributed by atoms with Gasteiger partial charge in [0.2, 0.25) is 0 Å². The summed E-state index contributed by atoms with van der Waals surface area (Å²) in [5.74, 6) is 2.32. The molecule has 0 aliphatic carbocycles. The third-order valence-electron chi connectivity index (χ3n) is 3.29. The molecule has 2 aromatic rings. The molecule has 0 atom stereocenters. The summed E-state index contributed by atoms with van der Waals surface area (Å²) in [7, 11) is 3.27. The van der Waals surface area contributed by atoms with Gasteiger partial charge in [-0.3, -0.25) is 0 Å². The molecule has 0 radical (unpaired) electrons. The summed E-state index contributed by atoms with van der Waals surface area (Å²) < 4.78 is 10.5. The molecule has 0 fully saturated rings. The number of nitrogens with one attached hydrogen (secondary N) is 1. The van der Waals surface area contributed by atoms with Crippen LogP contribution < -0.4 is 20.5 Å². The highest BCUT2D eigenvalue weighted by atomic mass is 16.5. The number of aromatic nitrogens is 1. The number of hydrogen-bond acceptors (Lipinski definition) is 5. The lowest BCUT2D eigenvalue weighted by atomic mass is 10.1. The quantitative estimate of drug-likeness (QED) is 0.854. The molecule has 0 aliphatic rings. The van der Waals surface area contributed by atoms with Crippen LogP contribution in [-0.4, -0.2) is 25.7 Å². The molecule has 1 aromatic heterocycles. The second-order valence-corrected chi connectivity index (χ2v) is 4.74. The lowest BCUT2D eigenvalue weighted by Crippen LogP contribution is -2.07. The Morgan fingerprint density at radius 1 is 1.10 bits per heavy atom. The minimum absolute atomic E-state index is 0.709. The van der Waals surface area contributed by atoms with Crippen molar-refractivity contribution in [1.29, 1.82) is 0 Å². The van der Waals surface area contributed by atoms with Crippen LogP contribution in [-0.2, 0) is 6.42 Å². The second-order valence-electron chi connectivity index (χ2n) is 4.74. The molecule has 5 nitrogen and oxygen atoms in total. The number of rotatable bonds is 6. The minimum atomic E-state index is 0.709. The zero-order valence-electron chi connectivity index (χ0n) is 12.6. The van der Waals surface area contributed by atoms with E-state index in [0.717, 1.165) is 36.0 Å². The molecule has 1 heterocycles. The van der Waals surface area contributed by atoms with E-state index in [4.69, 9.17) is 15.2 Å². The van der Waals surface area contributed by atoms with Gasteiger partial charge in [0, 0.05) is 6.54 Å². The van der Waals surface area contributed by atoms with Crippen LogP contribution in [0.15, 0.2) is 30.3 Å². The van der Waals surface area contributed by atoms with E-state index in [1.807, 2.05) is 37.3 Å². The predicted molar refractivity (Wildman–Crippen MR) is 85.1 cm³/mol. The van der Waals surface area contributed by atoms with Gasteiger partial charge in [0.25, 0.3) is 0 Å². The number of nitrogen functional groups attached to an aromatic ring is 1. The average Bonchev–Trinajstić information content (AvgIpc) is 2.50. The number of benzene rings is 1. The first-order valence-electron chi connectivity index (χ1n) is 6.82. The molecule has 0 saturated heterocycles. The highest BCUT2D eigenvalue weighted by Gasteiger charge is 2.04. The maximum atomic E-state index is 5.75. The molecule has 0 saturated carbocycles. The largest absolute Gasteiger partial charge is 0.493 e. The van der Waals surface area contributed by atoms with Crippen LogP contribution in [0.1, 0.15) is 11.3 Å². The molecule has 3 N–H and O–H groups in total. The molecule has 0 aliphatic heterocycles. The standard InChI is InChI=1S/C16H21N3O2/c1-11-13(17)5-7-16(19-11)18-9-8-12-4-6-14(20-2)15(10-12)21-3/h4-7,10H,8-9,17H2,1-3H3,(H,18,19). The number of pyridine rings is 1. The van der Waals surface area contributed by atoms with Crippen LogP contribution in [0.25, 0.3) is 0 Å². The normalized spacial score (nSPS) is 10.2. The predicted octanol–water partition coefficient (Wildman–Crippen LogP) is 2.64. The van der Waals surface area contributed by atoms with Gasteiger partial charge in [0.15, 0.2) is 11.5 Å². The molecule has 5 heteroatoms. The average molecular weight is 287 g/mol. The van der Waals surface area contributed by atoms with Crippen LogP contribution in [0.3, 0.4) is 0 Å². The Bertz CT molecular complexity index is 614. The van der Waals surface area contributed by atoms with Crippen molar-refractivity contribution >= 4 is 11.5 Å². The topological polar surface area (TPSA) is 69.4 Å². The minimum Gasteiger partial charge on any atom is -0.493 e. The van der Waals surface area contributed by atoms with Gasteiger partial charge in [-0.05, 0) is 43.2 Å². The first kappa shape index (κ1) is 15.0. The van der Waals surface area contributed by atoms with Crippen molar-refractivity contribution < 1.29 is 9.47 Å². The van der Waals surface area contributed by atoms with Gasteiger partial charge >= 0.3 is 0 Å². The summed E-state index contributed by atoms with van der Waals surface area (Å²) in [6.45, 7) is 2.68. The van der Waals surface area contributed by atoms with Gasteiger partial charge in [0.1, 0.15) is 5.82 Å². The van der Waals surface area contributed by atoms with Crippen molar-refractivity contribution in [1.82, 2.24) is 4.98 Å². The van der Waals surface area contributed by atoms with Gasteiger partial charge in [-0.15, -0.1) is 0 Å². The maximum Gasteiger partial charge on any atom is 0.160 e. The van der Waals surface area contributed by atoms with E-state index in [0.29, 0.717) is 5.69 Å². The number of nitrogens with two attached hydrogens (primary N) is 1. The highest BCUT2D eigenvalue weighted by Crippen LogP contribution is 2.27. The lowest BCUT2D eigenvalue weighted by Gasteiger charge is -2.10. The summed E-state index contributed by atoms with van der Waals surface area (Å²) in [6, 6.07) is 9.69. The number of ether oxygens (including phenoxy) is 2. The van der Waals surface area contributed by atoms with Crippen LogP contribution in [0.4, 0.5) is 11.5 Å². The first-order chi connectivity index (χ1) is 10.1. The molecule has 0 unspecified atom stereocenters. The van der Waals surface area contributed by atoms with Crippen molar-refractivity contribution in [2.75, 3.05) is 31.8 Å². The number of methoxy groups -OCH3 is 2. The molecule has 1 aromatic carbocycles. The summed E-state index contributed by atoms with van der Waals surface area (Å²) in [5, 5.41) is 3.29. The Balaban J connectivity index is 1.95. The lowest BCUT2D eigenvalue weighted by molar-refractivity contribution is 0.354. The summed E-state index contributed by atoms with van der Waals surface area (Å²) in [5.41, 5.74) is 8.47. The fourth-order valence-electron chi connectivity index (χ4n) is 2.04. The van der Waals surface area contributed by atoms with Crippen molar-refractivity contribution in [2.24, 2.45) is 0 Å². The molecule has 21 heavy (non-hydrogen) atoms. The molecule has 112 valence electrons. The van der Waals surface area contributed by atoms with Crippen molar-refractivity contribution in [2.45, 2.75) is 13.3 Å². The van der Waals surface area contributed by atoms with Crippen molar-refractivity contribution in [3.05, 3.63) is 41.6 Å². The monoisotopic (exact) mass is 287 g/mol. The van der Waals surface area contributed by atoms with Crippen LogP contribution in [0, 0.1) is 6.92 Å². The molecular formula is C16H21N3O2. The smallest absolute Gasteiger partial charge is 0.160 e. The maximum absolute atomic E-state index is 5.75. The molecule has 0 bridgehead atoms. The highest BCUT2D eigenvalue weighted by molar-refractivity contribution is 5.49. The van der Waals surface area contributed by atoms with Gasteiger partial charge in [-0.1, -0.05) is 6.07 Å². The number of aryl methyl sites for hydroxylation is 1. The third kappa shape index (κ3) is 3.78. The van der Waals surface area contributed by atoms with E-state index in [9.17, 15) is 0 Å². The summed E-state index contributed by atoms with van der Waals surface area (Å²) >= 11 is 0. The van der Waals surface area contributed by atoms with Gasteiger partial charge in [-0.2, -0.15) is 0 Å². The Hall–Kier alpha value is -2.43. The fraction of sp³-hybridized carbons (Fsp3) is 0.312. The van der Waals surface area contributed by atoms with Gasteiger partial charge in [0.05, 0.1) is 25.6 Å². The van der Waals surface area contributed by atoms with E-state index in [1.165, 1.54) is 5.56 Å². The van der Waals surface area contributed by atoms with Crippen LogP contribution in [0.2, 0.25) is 0 Å². The number of nitrogens with zero attached hydrogens (tertiary/aromatic N) is 1. The number of anilines is 2. The molecule has 2 rings (SSSR count). The van der Waals surface area contributed by atoms with Gasteiger partial charge < -0.3 is 20.5 Å². The SMILES string of the molecule is COc1ccc(CCNc2ccc(N)c(C)n2)cc1OC. The van der Waals surface area contributed by atoms with Gasteiger partial charge in [-0.25, -0.2) is 4.98 Å². The van der Waals surface area contributed by atoms with Crippen LogP contribution >= 0.6 is 0 Å².